The summed E-state index contributed by atoms with van der Waals surface area (Å²) < 4.78 is 2.68. The van der Waals surface area contributed by atoms with Gasteiger partial charge in [0.2, 0.25) is 0 Å². The standard InChI is InChI=1S/C25H26IN5O5/c1-17(5-2-3-11-29-16-20(10-12-32)27-28-29)25(34)22-14-21(31(35)36)8-9-23(22)30(24(25)33)15-18-6-4-7-19(26)13-18/h2,4-9,13-14,16-17,32,34H,3,10-12,15H2,1H3/b5-2+/t17-,25+/m0/s1. The number of benzene rings is 2. The zero-order valence-corrected chi connectivity index (χ0v) is 21.8. The SMILES string of the molecule is C[C@@H](/C=C/CCn1cc(CCO)nn1)[C@]1(O)C(=O)N(Cc2cccc(I)c2)c2ccc([N+](=O)[O-])cc21. The van der Waals surface area contributed by atoms with Crippen LogP contribution in [0.25, 0.3) is 0 Å². The van der Waals surface area contributed by atoms with Crippen molar-refractivity contribution in [2.75, 3.05) is 11.5 Å². The first kappa shape index (κ1) is 25.9. The average molecular weight is 603 g/mol. The highest BCUT2D eigenvalue weighted by Gasteiger charge is 2.53. The second kappa shape index (κ2) is 10.8. The molecule has 2 aromatic carbocycles. The Morgan fingerprint density at radius 3 is 2.81 bits per heavy atom. The summed E-state index contributed by atoms with van der Waals surface area (Å²) in [6.45, 7) is 2.50. The highest BCUT2D eigenvalue weighted by molar-refractivity contribution is 14.1. The number of aryl methyl sites for hydroxylation is 1. The van der Waals surface area contributed by atoms with Crippen LogP contribution in [0.15, 0.2) is 60.8 Å². The zero-order valence-electron chi connectivity index (χ0n) is 19.6. The molecule has 0 spiro atoms. The number of nitro benzene ring substituents is 1. The minimum absolute atomic E-state index is 0.00286. The van der Waals surface area contributed by atoms with Gasteiger partial charge in [0.1, 0.15) is 0 Å². The second-order valence-corrected chi connectivity index (χ2v) is 9.94. The fourth-order valence-corrected chi connectivity index (χ4v) is 4.95. The lowest BCUT2D eigenvalue weighted by Crippen LogP contribution is -2.44. The number of non-ortho nitro benzene ring substituents is 1. The van der Waals surface area contributed by atoms with E-state index >= 15 is 0 Å². The summed E-state index contributed by atoms with van der Waals surface area (Å²) in [5.41, 5.74) is 0.159. The maximum Gasteiger partial charge on any atom is 0.269 e. The van der Waals surface area contributed by atoms with Crippen molar-refractivity contribution in [1.29, 1.82) is 0 Å². The number of hydrogen-bond acceptors (Lipinski definition) is 7. The van der Waals surface area contributed by atoms with Crippen LogP contribution in [0.4, 0.5) is 11.4 Å². The third-order valence-electron chi connectivity index (χ3n) is 6.26. The van der Waals surface area contributed by atoms with Crippen LogP contribution in [0.1, 0.15) is 30.2 Å². The van der Waals surface area contributed by atoms with Crippen LogP contribution in [0.3, 0.4) is 0 Å². The van der Waals surface area contributed by atoms with Gasteiger partial charge in [-0.15, -0.1) is 5.10 Å². The molecular formula is C25H26IN5O5. The Hall–Kier alpha value is -3.16. The van der Waals surface area contributed by atoms with E-state index < -0.39 is 22.3 Å². The molecule has 1 amide bonds. The number of nitrogens with zero attached hydrogens (tertiary/aromatic N) is 5. The highest BCUT2D eigenvalue weighted by Crippen LogP contribution is 2.47. The molecule has 2 atom stereocenters. The van der Waals surface area contributed by atoms with Crippen molar-refractivity contribution in [3.05, 3.63) is 91.3 Å². The molecule has 2 N–H and O–H groups in total. The third-order valence-corrected chi connectivity index (χ3v) is 6.93. The topological polar surface area (TPSA) is 135 Å². The van der Waals surface area contributed by atoms with Crippen molar-refractivity contribution in [3.63, 3.8) is 0 Å². The van der Waals surface area contributed by atoms with Crippen molar-refractivity contribution in [3.8, 4) is 0 Å². The van der Waals surface area contributed by atoms with Crippen molar-refractivity contribution in [2.45, 2.75) is 38.5 Å². The molecule has 3 aromatic rings. The van der Waals surface area contributed by atoms with E-state index in [1.807, 2.05) is 30.3 Å². The summed E-state index contributed by atoms with van der Waals surface area (Å²) in [5.74, 6) is -1.16. The largest absolute Gasteiger partial charge is 0.396 e. The molecule has 1 aromatic heterocycles. The summed E-state index contributed by atoms with van der Waals surface area (Å²) in [6.07, 6.45) is 6.37. The molecule has 10 nitrogen and oxygen atoms in total. The Bertz CT molecular complexity index is 1310. The Balaban J connectivity index is 1.58. The van der Waals surface area contributed by atoms with Gasteiger partial charge in [-0.3, -0.25) is 19.6 Å². The molecule has 0 saturated heterocycles. The van der Waals surface area contributed by atoms with E-state index in [2.05, 4.69) is 32.9 Å². The molecule has 0 unspecified atom stereocenters. The number of carbonyl (C=O) groups is 1. The molecule has 0 bridgehead atoms. The number of aliphatic hydroxyl groups is 2. The van der Waals surface area contributed by atoms with Gasteiger partial charge in [0.05, 0.1) is 22.8 Å². The quantitative estimate of drug-likeness (QED) is 0.157. The van der Waals surface area contributed by atoms with Gasteiger partial charge in [-0.05, 0) is 52.8 Å². The molecule has 0 aliphatic carbocycles. The van der Waals surface area contributed by atoms with E-state index in [0.717, 1.165) is 9.13 Å². The molecule has 11 heteroatoms. The Morgan fingerprint density at radius 1 is 1.28 bits per heavy atom. The lowest BCUT2D eigenvalue weighted by Gasteiger charge is -2.27. The van der Waals surface area contributed by atoms with E-state index in [0.29, 0.717) is 30.8 Å². The first-order valence-corrected chi connectivity index (χ1v) is 12.6. The zero-order chi connectivity index (χ0) is 25.9. The van der Waals surface area contributed by atoms with Gasteiger partial charge in [-0.2, -0.15) is 0 Å². The summed E-state index contributed by atoms with van der Waals surface area (Å²) >= 11 is 2.20. The lowest BCUT2D eigenvalue weighted by atomic mass is 9.82. The van der Waals surface area contributed by atoms with E-state index in [9.17, 15) is 20.0 Å². The van der Waals surface area contributed by atoms with Gasteiger partial charge in [0, 0.05) is 53.0 Å². The van der Waals surface area contributed by atoms with Crippen LogP contribution < -0.4 is 4.90 Å². The molecule has 0 saturated carbocycles. The molecule has 0 radical (unpaired) electrons. The van der Waals surface area contributed by atoms with Gasteiger partial charge >= 0.3 is 0 Å². The fourth-order valence-electron chi connectivity index (χ4n) is 4.35. The molecule has 188 valence electrons. The second-order valence-electron chi connectivity index (χ2n) is 8.70. The first-order valence-electron chi connectivity index (χ1n) is 11.5. The van der Waals surface area contributed by atoms with Crippen LogP contribution in [-0.2, 0) is 29.9 Å². The number of rotatable bonds is 10. The fraction of sp³-hybridized carbons (Fsp3) is 0.320. The number of hydrogen-bond donors (Lipinski definition) is 2. The maximum absolute atomic E-state index is 13.6. The highest BCUT2D eigenvalue weighted by atomic mass is 127. The third kappa shape index (κ3) is 5.18. The van der Waals surface area contributed by atoms with Crippen LogP contribution in [0, 0.1) is 19.6 Å². The molecule has 4 rings (SSSR count). The number of anilines is 1. The smallest absolute Gasteiger partial charge is 0.269 e. The van der Waals surface area contributed by atoms with Gasteiger partial charge in [-0.1, -0.05) is 36.4 Å². The number of nitro groups is 1. The van der Waals surface area contributed by atoms with Gasteiger partial charge in [0.15, 0.2) is 5.60 Å². The number of halogens is 1. The van der Waals surface area contributed by atoms with Gasteiger partial charge < -0.3 is 15.1 Å². The number of allylic oxidation sites excluding steroid dienone is 1. The predicted octanol–water partition coefficient (Wildman–Crippen LogP) is 3.34. The minimum atomic E-state index is -1.94. The Kier molecular flexibility index (Phi) is 7.81. The van der Waals surface area contributed by atoms with Crippen molar-refractivity contribution >= 4 is 39.9 Å². The molecule has 1 aliphatic heterocycles. The summed E-state index contributed by atoms with van der Waals surface area (Å²) in [4.78, 5) is 26.0. The number of amides is 1. The minimum Gasteiger partial charge on any atom is -0.396 e. The van der Waals surface area contributed by atoms with Gasteiger partial charge in [0.25, 0.3) is 11.6 Å². The summed E-state index contributed by atoms with van der Waals surface area (Å²) in [6, 6.07) is 11.9. The molecule has 0 fully saturated rings. The van der Waals surface area contributed by atoms with E-state index in [4.69, 9.17) is 5.11 Å². The monoisotopic (exact) mass is 603 g/mol. The molecule has 2 heterocycles. The summed E-state index contributed by atoms with van der Waals surface area (Å²) in [5, 5.41) is 40.2. The number of fused-ring (bicyclic) bond motifs is 1. The van der Waals surface area contributed by atoms with Crippen LogP contribution in [0.2, 0.25) is 0 Å². The van der Waals surface area contributed by atoms with Crippen LogP contribution in [-0.4, -0.2) is 42.6 Å². The normalized spacial score (nSPS) is 18.1. The van der Waals surface area contributed by atoms with Crippen molar-refractivity contribution in [2.24, 2.45) is 5.92 Å². The molecular weight excluding hydrogens is 577 g/mol. The Labute approximate surface area is 221 Å². The number of aliphatic hydroxyl groups excluding tert-OH is 1. The summed E-state index contributed by atoms with van der Waals surface area (Å²) in [7, 11) is 0. The molecule has 36 heavy (non-hydrogen) atoms. The lowest BCUT2D eigenvalue weighted by molar-refractivity contribution is -0.385. The van der Waals surface area contributed by atoms with Crippen molar-refractivity contribution < 1.29 is 19.9 Å². The van der Waals surface area contributed by atoms with E-state index in [1.54, 1.807) is 23.9 Å². The predicted molar refractivity (Wildman–Crippen MR) is 141 cm³/mol. The van der Waals surface area contributed by atoms with E-state index in [1.165, 1.54) is 23.1 Å². The van der Waals surface area contributed by atoms with Crippen LogP contribution >= 0.6 is 22.6 Å². The van der Waals surface area contributed by atoms with E-state index in [-0.39, 0.29) is 24.4 Å². The number of carbonyl (C=O) groups excluding carboxylic acids is 1. The first-order chi connectivity index (χ1) is 17.2. The Morgan fingerprint density at radius 2 is 2.08 bits per heavy atom. The average Bonchev–Trinajstić information content (AvgIpc) is 3.38. The number of aromatic nitrogens is 3. The van der Waals surface area contributed by atoms with Crippen molar-refractivity contribution in [1.82, 2.24) is 15.0 Å². The maximum atomic E-state index is 13.6. The van der Waals surface area contributed by atoms with Gasteiger partial charge in [-0.25, -0.2) is 0 Å². The van der Waals surface area contributed by atoms with Crippen LogP contribution in [0.5, 0.6) is 0 Å². The molecule has 1 aliphatic rings.